The van der Waals surface area contributed by atoms with Crippen molar-refractivity contribution in [2.45, 2.75) is 0 Å². The smallest absolute Gasteiger partial charge is 0.175 e. The second kappa shape index (κ2) is 3.53. The SMILES string of the molecule is [B]c1c(F)c(F)c(Br)c(F)c1C=O. The molecule has 0 fully saturated rings. The average molecular weight is 249 g/mol. The number of carbonyl (C=O) groups excluding carboxylic acids is 1. The van der Waals surface area contributed by atoms with E-state index in [9.17, 15) is 18.0 Å². The van der Waals surface area contributed by atoms with Crippen molar-refractivity contribution in [3.05, 3.63) is 27.5 Å². The summed E-state index contributed by atoms with van der Waals surface area (Å²) in [4.78, 5) is 10.2. The maximum absolute atomic E-state index is 12.9. The molecule has 1 aromatic carbocycles. The molecule has 0 heterocycles. The van der Waals surface area contributed by atoms with E-state index in [2.05, 4.69) is 15.9 Å². The molecule has 1 rings (SSSR count). The van der Waals surface area contributed by atoms with Gasteiger partial charge in [-0.05, 0) is 21.4 Å². The second-order valence-corrected chi connectivity index (χ2v) is 2.99. The molecule has 13 heavy (non-hydrogen) atoms. The van der Waals surface area contributed by atoms with Crippen LogP contribution in [0.2, 0.25) is 0 Å². The fourth-order valence-corrected chi connectivity index (χ4v) is 1.17. The lowest BCUT2D eigenvalue weighted by molar-refractivity contribution is 0.112. The van der Waals surface area contributed by atoms with Gasteiger partial charge in [0.1, 0.15) is 13.7 Å². The summed E-state index contributed by atoms with van der Waals surface area (Å²) in [5.74, 6) is -4.08. The van der Waals surface area contributed by atoms with E-state index in [1.807, 2.05) is 0 Å². The number of aldehydes is 1. The predicted octanol–water partition coefficient (Wildman–Crippen LogP) is 1.47. The Balaban J connectivity index is 3.66. The first-order valence-electron chi connectivity index (χ1n) is 3.07. The Bertz CT molecular complexity index is 351. The maximum Gasteiger partial charge on any atom is 0.175 e. The van der Waals surface area contributed by atoms with Crippen LogP contribution in [0.25, 0.3) is 0 Å². The molecule has 2 radical (unpaired) electrons. The highest BCUT2D eigenvalue weighted by atomic mass is 79.9. The minimum Gasteiger partial charge on any atom is -0.298 e. The van der Waals surface area contributed by atoms with E-state index in [1.54, 1.807) is 0 Å². The third kappa shape index (κ3) is 1.50. The van der Waals surface area contributed by atoms with Gasteiger partial charge in [0, 0.05) is 5.56 Å². The Hall–Kier alpha value is -0.775. The maximum atomic E-state index is 12.9. The standard InChI is InChI=1S/C7HBBrF3O/c8-3-2(1-13)5(10)4(9)7(12)6(3)11/h1H. The van der Waals surface area contributed by atoms with Gasteiger partial charge in [-0.3, -0.25) is 4.79 Å². The van der Waals surface area contributed by atoms with Crippen molar-refractivity contribution in [2.75, 3.05) is 0 Å². The number of halogens is 4. The lowest BCUT2D eigenvalue weighted by atomic mass is 9.90. The summed E-state index contributed by atoms with van der Waals surface area (Å²) in [7, 11) is 4.96. The van der Waals surface area contributed by atoms with Crippen LogP contribution in [0.4, 0.5) is 13.2 Å². The van der Waals surface area contributed by atoms with E-state index < -0.39 is 33.0 Å². The summed E-state index contributed by atoms with van der Waals surface area (Å²) in [6.45, 7) is 0. The van der Waals surface area contributed by atoms with Gasteiger partial charge in [-0.2, -0.15) is 0 Å². The summed E-state index contributed by atoms with van der Waals surface area (Å²) >= 11 is 2.45. The Morgan fingerprint density at radius 1 is 1.15 bits per heavy atom. The topological polar surface area (TPSA) is 17.1 Å². The molecular formula is C7HBBrF3O. The van der Waals surface area contributed by atoms with Crippen molar-refractivity contribution in [1.82, 2.24) is 0 Å². The van der Waals surface area contributed by atoms with Gasteiger partial charge in [0.05, 0.1) is 4.47 Å². The number of hydrogen-bond acceptors (Lipinski definition) is 1. The molecule has 0 aromatic heterocycles. The van der Waals surface area contributed by atoms with Crippen LogP contribution in [0, 0.1) is 17.5 Å². The Labute approximate surface area is 81.5 Å². The van der Waals surface area contributed by atoms with Crippen LogP contribution in [-0.4, -0.2) is 14.1 Å². The van der Waals surface area contributed by atoms with Gasteiger partial charge in [-0.25, -0.2) is 13.2 Å². The quantitative estimate of drug-likeness (QED) is 0.318. The van der Waals surface area contributed by atoms with Crippen LogP contribution in [-0.2, 0) is 0 Å². The molecule has 66 valence electrons. The van der Waals surface area contributed by atoms with Crippen molar-refractivity contribution in [2.24, 2.45) is 0 Å². The van der Waals surface area contributed by atoms with Gasteiger partial charge in [0.15, 0.2) is 17.9 Å². The fraction of sp³-hybridized carbons (Fsp3) is 0. The summed E-state index contributed by atoms with van der Waals surface area (Å²) in [6.07, 6.45) is 0.0257. The Morgan fingerprint density at radius 2 is 1.69 bits per heavy atom. The fourth-order valence-electron chi connectivity index (χ4n) is 0.781. The van der Waals surface area contributed by atoms with Crippen LogP contribution in [0.3, 0.4) is 0 Å². The number of hydrogen-bond donors (Lipinski definition) is 0. The van der Waals surface area contributed by atoms with Crippen molar-refractivity contribution >= 4 is 35.5 Å². The van der Waals surface area contributed by atoms with Crippen molar-refractivity contribution < 1.29 is 18.0 Å². The summed E-state index contributed by atoms with van der Waals surface area (Å²) in [5.41, 5.74) is -1.51. The number of carbonyl (C=O) groups is 1. The molecule has 0 spiro atoms. The summed E-state index contributed by atoms with van der Waals surface area (Å²) in [6, 6.07) is 0. The molecule has 0 aliphatic rings. The minimum absolute atomic E-state index is 0.0257. The van der Waals surface area contributed by atoms with E-state index in [-0.39, 0.29) is 6.29 Å². The largest absolute Gasteiger partial charge is 0.298 e. The van der Waals surface area contributed by atoms with E-state index in [4.69, 9.17) is 7.85 Å². The van der Waals surface area contributed by atoms with Gasteiger partial charge in [0.2, 0.25) is 0 Å². The second-order valence-electron chi connectivity index (χ2n) is 2.20. The molecule has 0 saturated heterocycles. The van der Waals surface area contributed by atoms with Crippen LogP contribution in [0.1, 0.15) is 10.4 Å². The molecule has 0 amide bonds. The molecule has 6 heteroatoms. The summed E-state index contributed by atoms with van der Waals surface area (Å²) in [5, 5.41) is 0. The van der Waals surface area contributed by atoms with E-state index in [0.717, 1.165) is 0 Å². The third-order valence-electron chi connectivity index (χ3n) is 1.46. The number of benzene rings is 1. The zero-order valence-electron chi connectivity index (χ0n) is 6.07. The molecular weight excluding hydrogens is 248 g/mol. The highest BCUT2D eigenvalue weighted by molar-refractivity contribution is 9.10. The molecule has 0 saturated carbocycles. The monoisotopic (exact) mass is 248 g/mol. The van der Waals surface area contributed by atoms with Crippen molar-refractivity contribution in [3.63, 3.8) is 0 Å². The first kappa shape index (κ1) is 10.3. The first-order valence-corrected chi connectivity index (χ1v) is 3.86. The zero-order chi connectivity index (χ0) is 10.2. The Kier molecular flexibility index (Phi) is 2.80. The highest BCUT2D eigenvalue weighted by Crippen LogP contribution is 2.22. The van der Waals surface area contributed by atoms with Gasteiger partial charge < -0.3 is 0 Å². The molecule has 0 aliphatic heterocycles. The minimum atomic E-state index is -1.44. The average Bonchev–Trinajstić information content (AvgIpc) is 2.13. The van der Waals surface area contributed by atoms with Crippen LogP contribution < -0.4 is 5.46 Å². The molecule has 0 aliphatic carbocycles. The van der Waals surface area contributed by atoms with Crippen molar-refractivity contribution in [1.29, 1.82) is 0 Å². The van der Waals surface area contributed by atoms with Crippen LogP contribution in [0.5, 0.6) is 0 Å². The zero-order valence-corrected chi connectivity index (χ0v) is 7.66. The lowest BCUT2D eigenvalue weighted by Gasteiger charge is -2.05. The molecule has 0 atom stereocenters. The highest BCUT2D eigenvalue weighted by Gasteiger charge is 2.19. The molecule has 0 N–H and O–H groups in total. The van der Waals surface area contributed by atoms with Gasteiger partial charge in [0.25, 0.3) is 0 Å². The molecule has 1 aromatic rings. The van der Waals surface area contributed by atoms with E-state index >= 15 is 0 Å². The molecule has 0 bridgehead atoms. The van der Waals surface area contributed by atoms with Crippen LogP contribution in [0.15, 0.2) is 4.47 Å². The molecule has 1 nitrogen and oxygen atoms in total. The van der Waals surface area contributed by atoms with E-state index in [1.165, 1.54) is 0 Å². The molecule has 0 unspecified atom stereocenters. The van der Waals surface area contributed by atoms with Gasteiger partial charge in [-0.1, -0.05) is 0 Å². The van der Waals surface area contributed by atoms with Crippen molar-refractivity contribution in [3.8, 4) is 0 Å². The normalized spacial score (nSPS) is 10.2. The first-order chi connectivity index (χ1) is 6.00. The van der Waals surface area contributed by atoms with E-state index in [0.29, 0.717) is 0 Å². The number of rotatable bonds is 1. The Morgan fingerprint density at radius 3 is 2.15 bits per heavy atom. The lowest BCUT2D eigenvalue weighted by Crippen LogP contribution is -2.20. The van der Waals surface area contributed by atoms with Gasteiger partial charge in [-0.15, -0.1) is 0 Å². The van der Waals surface area contributed by atoms with Gasteiger partial charge >= 0.3 is 0 Å². The third-order valence-corrected chi connectivity index (χ3v) is 2.16. The predicted molar refractivity (Wildman–Crippen MR) is 44.8 cm³/mol. The van der Waals surface area contributed by atoms with Crippen LogP contribution >= 0.6 is 15.9 Å². The summed E-state index contributed by atoms with van der Waals surface area (Å²) < 4.78 is 37.7.